The Labute approximate surface area is 149 Å². The van der Waals surface area contributed by atoms with Gasteiger partial charge in [0.15, 0.2) is 0 Å². The molecule has 0 fully saturated rings. The third-order valence-corrected chi connectivity index (χ3v) is 6.09. The van der Waals surface area contributed by atoms with Crippen LogP contribution in [0.2, 0.25) is 0 Å². The van der Waals surface area contributed by atoms with E-state index >= 15 is 0 Å². The Morgan fingerprint density at radius 1 is 0.708 bits per heavy atom. The van der Waals surface area contributed by atoms with Gasteiger partial charge in [0, 0.05) is 0 Å². The van der Waals surface area contributed by atoms with Crippen molar-refractivity contribution in [2.45, 2.75) is 50.3 Å². The average molecular weight is 380 g/mol. The smallest absolute Gasteiger partial charge is 0.328 e. The maximum Gasteiger partial charge on any atom is 0.328 e. The zero-order chi connectivity index (χ0) is 18.9. The van der Waals surface area contributed by atoms with E-state index in [9.17, 15) is 19.2 Å². The van der Waals surface area contributed by atoms with Crippen molar-refractivity contribution in [1.82, 2.24) is 10.6 Å². The maximum absolute atomic E-state index is 11.9. The highest BCUT2D eigenvalue weighted by atomic mass is 33.1. The molecule has 0 aromatic rings. The summed E-state index contributed by atoms with van der Waals surface area (Å²) >= 11 is 0. The molecule has 0 aromatic carbocycles. The maximum atomic E-state index is 11.9. The normalized spacial score (nSPS) is 15.4. The minimum absolute atomic E-state index is 0.332. The van der Waals surface area contributed by atoms with Crippen LogP contribution in [0, 0.1) is 0 Å². The van der Waals surface area contributed by atoms with Crippen molar-refractivity contribution in [2.75, 3.05) is 14.2 Å². The summed E-state index contributed by atoms with van der Waals surface area (Å²) in [6.07, 6.45) is 0. The second kappa shape index (κ2) is 11.2. The zero-order valence-corrected chi connectivity index (χ0v) is 16.2. The van der Waals surface area contributed by atoms with Crippen LogP contribution >= 0.6 is 21.6 Å². The molecule has 10 heteroatoms. The monoisotopic (exact) mass is 380 g/mol. The van der Waals surface area contributed by atoms with Crippen molar-refractivity contribution in [3.05, 3.63) is 0 Å². The van der Waals surface area contributed by atoms with E-state index in [0.717, 1.165) is 0 Å². The molecule has 0 aliphatic heterocycles. The Morgan fingerprint density at radius 2 is 1.00 bits per heavy atom. The number of methoxy groups -OCH3 is 2. The standard InChI is InChI=1S/C14H24N2O6S2/c1-7(13(19)21-5)15-11(17)9(3)23-24-10(4)12(18)16-8(2)14(20)22-6/h7-10H,1-6H3,(H,15,17)(H,16,18). The second-order valence-corrected chi connectivity index (χ2v) is 7.94. The number of carbonyl (C=O) groups excluding carboxylic acids is 4. The van der Waals surface area contributed by atoms with Crippen LogP contribution in [-0.4, -0.2) is 60.6 Å². The summed E-state index contributed by atoms with van der Waals surface area (Å²) < 4.78 is 9.06. The molecule has 0 radical (unpaired) electrons. The van der Waals surface area contributed by atoms with Gasteiger partial charge < -0.3 is 20.1 Å². The highest BCUT2D eigenvalue weighted by Gasteiger charge is 2.24. The van der Waals surface area contributed by atoms with Gasteiger partial charge in [0.2, 0.25) is 11.8 Å². The van der Waals surface area contributed by atoms with Crippen LogP contribution in [-0.2, 0) is 28.7 Å². The number of carbonyl (C=O) groups is 4. The fourth-order valence-corrected chi connectivity index (χ4v) is 3.56. The van der Waals surface area contributed by atoms with Crippen LogP contribution in [0.25, 0.3) is 0 Å². The van der Waals surface area contributed by atoms with Crippen molar-refractivity contribution >= 4 is 45.3 Å². The van der Waals surface area contributed by atoms with E-state index in [1.54, 1.807) is 13.8 Å². The molecule has 0 rings (SSSR count). The summed E-state index contributed by atoms with van der Waals surface area (Å²) in [6, 6.07) is -1.48. The topological polar surface area (TPSA) is 111 Å². The SMILES string of the molecule is COC(=O)C(C)NC(=O)C(C)SSC(C)C(=O)NC(C)C(=O)OC. The predicted octanol–water partition coefficient (Wildman–Crippen LogP) is 0.500. The van der Waals surface area contributed by atoms with Crippen molar-refractivity contribution in [3.63, 3.8) is 0 Å². The molecule has 0 saturated heterocycles. The summed E-state index contributed by atoms with van der Waals surface area (Å²) in [6.45, 7) is 6.38. The first kappa shape index (κ1) is 22.6. The van der Waals surface area contributed by atoms with Gasteiger partial charge in [-0.1, -0.05) is 21.6 Å². The van der Waals surface area contributed by atoms with Crippen LogP contribution < -0.4 is 10.6 Å². The van der Waals surface area contributed by atoms with Crippen LogP contribution in [0.1, 0.15) is 27.7 Å². The second-order valence-electron chi connectivity index (χ2n) is 4.98. The molecule has 0 bridgehead atoms. The summed E-state index contributed by atoms with van der Waals surface area (Å²) in [5, 5.41) is 4.10. The number of hydrogen-bond donors (Lipinski definition) is 2. The van der Waals surface area contributed by atoms with Gasteiger partial charge in [0.25, 0.3) is 0 Å². The molecule has 138 valence electrons. The third-order valence-electron chi connectivity index (χ3n) is 2.91. The number of nitrogens with one attached hydrogen (secondary N) is 2. The Bertz CT molecular complexity index is 432. The number of esters is 2. The van der Waals surface area contributed by atoms with E-state index in [0.29, 0.717) is 0 Å². The molecule has 0 aliphatic carbocycles. The van der Waals surface area contributed by atoms with Crippen molar-refractivity contribution in [3.8, 4) is 0 Å². The van der Waals surface area contributed by atoms with E-state index in [1.165, 1.54) is 49.7 Å². The highest BCUT2D eigenvalue weighted by molar-refractivity contribution is 8.77. The Hall–Kier alpha value is -1.42. The summed E-state index contributed by atoms with van der Waals surface area (Å²) in [5.74, 6) is -1.72. The molecule has 2 N–H and O–H groups in total. The number of rotatable bonds is 9. The lowest BCUT2D eigenvalue weighted by molar-refractivity contribution is -0.144. The van der Waals surface area contributed by atoms with Gasteiger partial charge in [0.1, 0.15) is 12.1 Å². The first-order valence-corrected chi connectivity index (χ1v) is 9.50. The number of amides is 2. The van der Waals surface area contributed by atoms with Gasteiger partial charge in [-0.2, -0.15) is 0 Å². The molecule has 0 heterocycles. The van der Waals surface area contributed by atoms with Crippen molar-refractivity contribution in [1.29, 1.82) is 0 Å². The van der Waals surface area contributed by atoms with Gasteiger partial charge in [-0.3, -0.25) is 9.59 Å². The van der Waals surface area contributed by atoms with Gasteiger partial charge in [-0.25, -0.2) is 9.59 Å². The van der Waals surface area contributed by atoms with Gasteiger partial charge in [-0.05, 0) is 27.7 Å². The van der Waals surface area contributed by atoms with Crippen LogP contribution in [0.15, 0.2) is 0 Å². The molecule has 24 heavy (non-hydrogen) atoms. The van der Waals surface area contributed by atoms with Gasteiger partial charge in [0.05, 0.1) is 24.7 Å². The van der Waals surface area contributed by atoms with E-state index in [2.05, 4.69) is 20.1 Å². The Kier molecular flexibility index (Phi) is 10.5. The predicted molar refractivity (Wildman–Crippen MR) is 93.3 cm³/mol. The third kappa shape index (κ3) is 7.91. The molecule has 2 amide bonds. The van der Waals surface area contributed by atoms with E-state index in [-0.39, 0.29) is 11.8 Å². The highest BCUT2D eigenvalue weighted by Crippen LogP contribution is 2.31. The minimum atomic E-state index is -0.739. The van der Waals surface area contributed by atoms with Crippen LogP contribution in [0.5, 0.6) is 0 Å². The first-order chi connectivity index (χ1) is 11.1. The van der Waals surface area contributed by atoms with Gasteiger partial charge >= 0.3 is 11.9 Å². The quantitative estimate of drug-likeness (QED) is 0.439. The van der Waals surface area contributed by atoms with Crippen molar-refractivity contribution in [2.24, 2.45) is 0 Å². The minimum Gasteiger partial charge on any atom is -0.467 e. The molecule has 4 unspecified atom stereocenters. The van der Waals surface area contributed by atoms with Crippen LogP contribution in [0.4, 0.5) is 0 Å². The molecule has 0 spiro atoms. The molecule has 8 nitrogen and oxygen atoms in total. The van der Waals surface area contributed by atoms with E-state index in [4.69, 9.17) is 0 Å². The summed E-state index contributed by atoms with van der Waals surface area (Å²) in [4.78, 5) is 46.4. The summed E-state index contributed by atoms with van der Waals surface area (Å²) in [5.41, 5.74) is 0. The molecule has 0 saturated carbocycles. The molecular formula is C14H24N2O6S2. The Morgan fingerprint density at radius 3 is 1.25 bits per heavy atom. The molecule has 4 atom stereocenters. The van der Waals surface area contributed by atoms with Gasteiger partial charge in [-0.15, -0.1) is 0 Å². The fourth-order valence-electron chi connectivity index (χ4n) is 1.39. The lowest BCUT2D eigenvalue weighted by Gasteiger charge is -2.18. The zero-order valence-electron chi connectivity index (χ0n) is 14.6. The molecule has 0 aromatic heterocycles. The lowest BCUT2D eigenvalue weighted by Crippen LogP contribution is -2.43. The molecule has 0 aliphatic rings. The van der Waals surface area contributed by atoms with Crippen LogP contribution in [0.3, 0.4) is 0 Å². The first-order valence-electron chi connectivity index (χ1n) is 7.22. The average Bonchev–Trinajstić information content (AvgIpc) is 2.56. The number of hydrogen-bond acceptors (Lipinski definition) is 8. The van der Waals surface area contributed by atoms with Crippen molar-refractivity contribution < 1.29 is 28.7 Å². The van der Waals surface area contributed by atoms with E-state index in [1.807, 2.05) is 0 Å². The largest absolute Gasteiger partial charge is 0.467 e. The Balaban J connectivity index is 4.31. The summed E-state index contributed by atoms with van der Waals surface area (Å²) in [7, 11) is 4.89. The fraction of sp³-hybridized carbons (Fsp3) is 0.714. The number of ether oxygens (including phenoxy) is 2. The lowest BCUT2D eigenvalue weighted by atomic mass is 10.3. The molecular weight excluding hydrogens is 356 g/mol. The van der Waals surface area contributed by atoms with E-state index < -0.39 is 34.5 Å².